The highest BCUT2D eigenvalue weighted by atomic mass is 32.2. The Balaban J connectivity index is 1.69. The van der Waals surface area contributed by atoms with E-state index in [-0.39, 0.29) is 10.7 Å². The molecule has 1 aliphatic carbocycles. The summed E-state index contributed by atoms with van der Waals surface area (Å²) in [6, 6.07) is 14.2. The van der Waals surface area contributed by atoms with E-state index in [2.05, 4.69) is 10.6 Å². The number of benzene rings is 2. The maximum absolute atomic E-state index is 14.2. The molecule has 3 rings (SSSR count). The van der Waals surface area contributed by atoms with Gasteiger partial charge in [0.15, 0.2) is 0 Å². The van der Waals surface area contributed by atoms with Crippen molar-refractivity contribution in [2.75, 3.05) is 12.4 Å². The number of hydrogen-bond acceptors (Lipinski definition) is 4. The zero-order valence-corrected chi connectivity index (χ0v) is 15.4. The first-order chi connectivity index (χ1) is 12.5. The minimum atomic E-state index is -0.652. The highest BCUT2D eigenvalue weighted by molar-refractivity contribution is 8.13. The summed E-state index contributed by atoms with van der Waals surface area (Å²) in [5.74, 6) is -0.456. The molecule has 0 radical (unpaired) electrons. The lowest BCUT2D eigenvalue weighted by molar-refractivity contribution is -0.117. The van der Waals surface area contributed by atoms with Crippen molar-refractivity contribution in [3.05, 3.63) is 65.5 Å². The van der Waals surface area contributed by atoms with Crippen molar-refractivity contribution in [2.45, 2.75) is 30.6 Å². The quantitative estimate of drug-likeness (QED) is 0.805. The highest BCUT2D eigenvalue weighted by Gasteiger charge is 2.44. The van der Waals surface area contributed by atoms with Gasteiger partial charge in [-0.25, -0.2) is 4.39 Å². The molecule has 26 heavy (non-hydrogen) atoms. The molecule has 136 valence electrons. The summed E-state index contributed by atoms with van der Waals surface area (Å²) in [7, 11) is 1.46. The number of nitrogens with one attached hydrogen (secondary N) is 2. The molecule has 2 aromatic rings. The van der Waals surface area contributed by atoms with Crippen LogP contribution in [0.15, 0.2) is 48.5 Å². The lowest BCUT2D eigenvalue weighted by Gasteiger charge is -2.41. The topological polar surface area (TPSA) is 58.2 Å². The molecule has 1 aliphatic rings. The molecule has 0 saturated heterocycles. The summed E-state index contributed by atoms with van der Waals surface area (Å²) >= 11 is 1.29. The number of carbonyl (C=O) groups excluding carboxylic acids is 2. The molecule has 0 heterocycles. The number of thioether (sulfide) groups is 1. The van der Waals surface area contributed by atoms with Gasteiger partial charge in [0.05, 0.1) is 5.56 Å². The number of halogens is 1. The lowest BCUT2D eigenvalue weighted by atomic mass is 9.77. The molecule has 6 heteroatoms. The molecule has 0 spiro atoms. The monoisotopic (exact) mass is 372 g/mol. The Labute approximate surface area is 156 Å². The van der Waals surface area contributed by atoms with E-state index in [1.165, 1.54) is 30.9 Å². The second-order valence-corrected chi connectivity index (χ2v) is 7.34. The first-order valence-electron chi connectivity index (χ1n) is 8.55. The van der Waals surface area contributed by atoms with Gasteiger partial charge in [0.25, 0.3) is 5.91 Å². The maximum atomic E-state index is 14.2. The Morgan fingerprint density at radius 1 is 1.15 bits per heavy atom. The van der Waals surface area contributed by atoms with E-state index in [0.29, 0.717) is 11.4 Å². The van der Waals surface area contributed by atoms with Gasteiger partial charge >= 0.3 is 0 Å². The van der Waals surface area contributed by atoms with Gasteiger partial charge in [0.2, 0.25) is 5.12 Å². The molecule has 0 aromatic heterocycles. The van der Waals surface area contributed by atoms with E-state index in [1.54, 1.807) is 6.07 Å². The third kappa shape index (κ3) is 3.90. The van der Waals surface area contributed by atoms with E-state index in [4.69, 9.17) is 0 Å². The molecule has 0 atom stereocenters. The minimum Gasteiger partial charge on any atom is -0.372 e. The predicted molar refractivity (Wildman–Crippen MR) is 103 cm³/mol. The van der Waals surface area contributed by atoms with Gasteiger partial charge in [-0.3, -0.25) is 9.59 Å². The molecule has 0 unspecified atom stereocenters. The summed E-state index contributed by atoms with van der Waals surface area (Å²) in [6.07, 6.45) is 2.42. The summed E-state index contributed by atoms with van der Waals surface area (Å²) in [5, 5.41) is 5.69. The number of hydrogen-bond donors (Lipinski definition) is 2. The van der Waals surface area contributed by atoms with Crippen molar-refractivity contribution in [2.24, 2.45) is 0 Å². The van der Waals surface area contributed by atoms with Crippen LogP contribution < -0.4 is 10.6 Å². The molecular formula is C20H21FN2O2S. The zero-order chi connectivity index (χ0) is 18.6. The third-order valence-corrected chi connectivity index (χ3v) is 5.77. The molecule has 2 N–H and O–H groups in total. The van der Waals surface area contributed by atoms with Crippen LogP contribution in [0, 0.1) is 5.82 Å². The van der Waals surface area contributed by atoms with Crippen LogP contribution in [0.25, 0.3) is 0 Å². The van der Waals surface area contributed by atoms with Crippen LogP contribution in [-0.4, -0.2) is 23.6 Å². The Morgan fingerprint density at radius 2 is 1.88 bits per heavy atom. The summed E-state index contributed by atoms with van der Waals surface area (Å²) in [5.41, 5.74) is 0.954. The van der Waals surface area contributed by atoms with Crippen LogP contribution in [0.5, 0.6) is 0 Å². The lowest BCUT2D eigenvalue weighted by Crippen LogP contribution is -2.51. The van der Waals surface area contributed by atoms with Gasteiger partial charge in [0.1, 0.15) is 11.4 Å². The van der Waals surface area contributed by atoms with Crippen molar-refractivity contribution in [1.29, 1.82) is 0 Å². The van der Waals surface area contributed by atoms with Crippen molar-refractivity contribution in [3.63, 3.8) is 0 Å². The predicted octanol–water partition coefficient (Wildman–Crippen LogP) is 3.98. The van der Waals surface area contributed by atoms with E-state index in [9.17, 15) is 14.0 Å². The van der Waals surface area contributed by atoms with Crippen LogP contribution in [0.2, 0.25) is 0 Å². The molecule has 2 aromatic carbocycles. The first-order valence-corrected chi connectivity index (χ1v) is 9.54. The zero-order valence-electron chi connectivity index (χ0n) is 14.5. The van der Waals surface area contributed by atoms with Gasteiger partial charge in [-0.1, -0.05) is 42.1 Å². The van der Waals surface area contributed by atoms with Crippen molar-refractivity contribution in [1.82, 2.24) is 5.32 Å². The number of rotatable bonds is 6. The molecule has 1 fully saturated rings. The summed E-state index contributed by atoms with van der Waals surface area (Å²) in [6.45, 7) is 0. The minimum absolute atomic E-state index is 0.00881. The molecule has 1 amide bonds. The average molecular weight is 372 g/mol. The van der Waals surface area contributed by atoms with Gasteiger partial charge in [-0.15, -0.1) is 0 Å². The Bertz CT molecular complexity index is 807. The fraction of sp³-hybridized carbons (Fsp3) is 0.300. The van der Waals surface area contributed by atoms with Gasteiger partial charge in [0, 0.05) is 18.5 Å². The normalized spacial score (nSPS) is 15.0. The van der Waals surface area contributed by atoms with Gasteiger partial charge in [-0.2, -0.15) is 0 Å². The molecule has 0 aliphatic heterocycles. The van der Waals surface area contributed by atoms with E-state index >= 15 is 0 Å². The second-order valence-electron chi connectivity index (χ2n) is 6.40. The van der Waals surface area contributed by atoms with Gasteiger partial charge in [-0.05, 0) is 43.0 Å². The standard InChI is InChI=1S/C20H21FN2O2S/c1-22-18(24)16-9-8-15(12-17(16)21)23-20(10-5-11-20)19(25)26-13-14-6-3-2-4-7-14/h2-4,6-9,12,23H,5,10-11,13H2,1H3,(H,22,24). The van der Waals surface area contributed by atoms with Crippen molar-refractivity contribution in [3.8, 4) is 0 Å². The van der Waals surface area contributed by atoms with Crippen LogP contribution in [-0.2, 0) is 10.5 Å². The van der Waals surface area contributed by atoms with Gasteiger partial charge < -0.3 is 10.6 Å². The van der Waals surface area contributed by atoms with E-state index in [0.717, 1.165) is 24.8 Å². The van der Waals surface area contributed by atoms with Crippen molar-refractivity contribution < 1.29 is 14.0 Å². The van der Waals surface area contributed by atoms with Crippen LogP contribution in [0.1, 0.15) is 35.2 Å². The fourth-order valence-corrected chi connectivity index (χ4v) is 3.98. The molecule has 0 bridgehead atoms. The largest absolute Gasteiger partial charge is 0.372 e. The molecule has 4 nitrogen and oxygen atoms in total. The highest BCUT2D eigenvalue weighted by Crippen LogP contribution is 2.40. The van der Waals surface area contributed by atoms with E-state index in [1.807, 2.05) is 30.3 Å². The molecular weight excluding hydrogens is 351 g/mol. The second kappa shape index (κ2) is 7.91. The summed E-state index contributed by atoms with van der Waals surface area (Å²) < 4.78 is 14.2. The molecule has 1 saturated carbocycles. The fourth-order valence-electron chi connectivity index (χ4n) is 2.96. The first kappa shape index (κ1) is 18.5. The summed E-state index contributed by atoms with van der Waals surface area (Å²) in [4.78, 5) is 24.4. The smallest absolute Gasteiger partial charge is 0.253 e. The Hall–Kier alpha value is -2.34. The van der Waals surface area contributed by atoms with E-state index < -0.39 is 17.3 Å². The third-order valence-electron chi connectivity index (χ3n) is 4.63. The number of carbonyl (C=O) groups is 2. The van der Waals surface area contributed by atoms with Crippen LogP contribution >= 0.6 is 11.8 Å². The Kier molecular flexibility index (Phi) is 5.61. The van der Waals surface area contributed by atoms with Crippen LogP contribution in [0.4, 0.5) is 10.1 Å². The van der Waals surface area contributed by atoms with Crippen molar-refractivity contribution >= 4 is 28.5 Å². The number of anilines is 1. The average Bonchev–Trinajstić information content (AvgIpc) is 2.63. The van der Waals surface area contributed by atoms with Crippen LogP contribution in [0.3, 0.4) is 0 Å². The SMILES string of the molecule is CNC(=O)c1ccc(NC2(C(=O)SCc3ccccc3)CCC2)cc1F. The Morgan fingerprint density at radius 3 is 2.46 bits per heavy atom. The maximum Gasteiger partial charge on any atom is 0.253 e. The number of amides is 1.